The Balaban J connectivity index is 1.50. The third-order valence-corrected chi connectivity index (χ3v) is 8.20. The van der Waals surface area contributed by atoms with Gasteiger partial charge in [0.15, 0.2) is 6.19 Å². The van der Waals surface area contributed by atoms with Crippen LogP contribution in [0.5, 0.6) is 0 Å². The molecule has 7 heteroatoms. The summed E-state index contributed by atoms with van der Waals surface area (Å²) in [4.78, 5) is 17.9. The summed E-state index contributed by atoms with van der Waals surface area (Å²) in [5.74, 6) is 0.635. The lowest BCUT2D eigenvalue weighted by Gasteiger charge is -2.42. The molecule has 2 aromatic carbocycles. The molecule has 0 radical (unpaired) electrons. The molecule has 0 heterocycles. The molecule has 35 heavy (non-hydrogen) atoms. The van der Waals surface area contributed by atoms with Crippen molar-refractivity contribution in [3.8, 4) is 6.19 Å². The summed E-state index contributed by atoms with van der Waals surface area (Å²) >= 11 is 6.13. The lowest BCUT2D eigenvalue weighted by Crippen LogP contribution is -2.51. The molecule has 0 saturated heterocycles. The number of carbonyl (C=O) groups excluding carboxylic acids is 1. The summed E-state index contributed by atoms with van der Waals surface area (Å²) in [7, 11) is 1.67. The van der Waals surface area contributed by atoms with Gasteiger partial charge < -0.3 is 10.6 Å². The Morgan fingerprint density at radius 2 is 1.69 bits per heavy atom. The first-order chi connectivity index (χ1) is 17.0. The van der Waals surface area contributed by atoms with Crippen LogP contribution in [0.15, 0.2) is 59.6 Å². The van der Waals surface area contributed by atoms with Crippen LogP contribution in [-0.4, -0.2) is 31.5 Å². The van der Waals surface area contributed by atoms with Gasteiger partial charge in [-0.05, 0) is 61.8 Å². The van der Waals surface area contributed by atoms with Crippen molar-refractivity contribution in [3.63, 3.8) is 0 Å². The van der Waals surface area contributed by atoms with Crippen molar-refractivity contribution < 1.29 is 4.79 Å². The van der Waals surface area contributed by atoms with Gasteiger partial charge in [0.2, 0.25) is 11.9 Å². The van der Waals surface area contributed by atoms with Crippen molar-refractivity contribution in [1.29, 1.82) is 5.26 Å². The maximum atomic E-state index is 13.8. The van der Waals surface area contributed by atoms with Gasteiger partial charge in [0.05, 0.1) is 5.41 Å². The van der Waals surface area contributed by atoms with E-state index in [1.165, 1.54) is 5.56 Å². The van der Waals surface area contributed by atoms with E-state index in [2.05, 4.69) is 45.2 Å². The predicted molar refractivity (Wildman–Crippen MR) is 140 cm³/mol. The summed E-state index contributed by atoms with van der Waals surface area (Å²) < 4.78 is 0. The number of nitrogens with one attached hydrogen (secondary N) is 3. The molecule has 0 unspecified atom stereocenters. The van der Waals surface area contributed by atoms with Gasteiger partial charge in [0.1, 0.15) is 0 Å². The van der Waals surface area contributed by atoms with E-state index < -0.39 is 5.41 Å². The highest BCUT2D eigenvalue weighted by atomic mass is 35.5. The van der Waals surface area contributed by atoms with Crippen LogP contribution in [0.4, 0.5) is 0 Å². The third-order valence-electron chi connectivity index (χ3n) is 7.94. The molecule has 2 aromatic rings. The summed E-state index contributed by atoms with van der Waals surface area (Å²) in [6.45, 7) is 0.614. The molecule has 184 valence electrons. The van der Waals surface area contributed by atoms with Crippen molar-refractivity contribution in [3.05, 3.63) is 70.7 Å². The van der Waals surface area contributed by atoms with E-state index in [1.807, 2.05) is 36.5 Å². The average molecular weight is 492 g/mol. The molecule has 3 N–H and O–H groups in total. The number of halogens is 1. The third kappa shape index (κ3) is 5.46. The number of hydrogen-bond acceptors (Lipinski definition) is 3. The van der Waals surface area contributed by atoms with Crippen LogP contribution in [0.1, 0.15) is 62.5 Å². The predicted octanol–water partition coefficient (Wildman–Crippen LogP) is 4.79. The standard InChI is InChI=1S/C28H34ClN5O/c1-31-26(33-20-30)34-24-13-17-27(18-14-24,21-7-3-2-4-8-21)19-32-25(35)28(15-5-6-16-28)22-9-11-23(29)12-10-22/h2-4,7-12,24H,5-6,13-19H2,1H3,(H,32,35)(H2,31,33,34). The van der Waals surface area contributed by atoms with Gasteiger partial charge in [-0.3, -0.25) is 15.1 Å². The number of hydrogen-bond donors (Lipinski definition) is 3. The minimum absolute atomic E-state index is 0.124. The Bertz CT molecular complexity index is 1060. The first-order valence-electron chi connectivity index (χ1n) is 12.5. The Kier molecular flexibility index (Phi) is 7.97. The second kappa shape index (κ2) is 11.1. The summed E-state index contributed by atoms with van der Waals surface area (Å²) in [6.07, 6.45) is 9.53. The van der Waals surface area contributed by atoms with E-state index in [0.717, 1.165) is 56.9 Å². The lowest BCUT2D eigenvalue weighted by molar-refractivity contribution is -0.127. The van der Waals surface area contributed by atoms with Crippen molar-refractivity contribution in [1.82, 2.24) is 16.0 Å². The van der Waals surface area contributed by atoms with Crippen LogP contribution in [0.2, 0.25) is 5.02 Å². The molecule has 4 rings (SSSR count). The molecule has 2 fully saturated rings. The van der Waals surface area contributed by atoms with Crippen molar-refractivity contribution >= 4 is 23.5 Å². The average Bonchev–Trinajstić information content (AvgIpc) is 3.40. The Morgan fingerprint density at radius 1 is 1.03 bits per heavy atom. The van der Waals surface area contributed by atoms with Crippen LogP contribution in [-0.2, 0) is 15.6 Å². The number of aliphatic imine (C=N–C) groups is 1. The summed E-state index contributed by atoms with van der Waals surface area (Å²) in [5.41, 5.74) is 1.73. The van der Waals surface area contributed by atoms with E-state index >= 15 is 0 Å². The van der Waals surface area contributed by atoms with E-state index in [1.54, 1.807) is 7.05 Å². The fourth-order valence-electron chi connectivity index (χ4n) is 5.89. The molecule has 1 amide bonds. The Labute approximate surface area is 213 Å². The Morgan fingerprint density at radius 3 is 2.29 bits per heavy atom. The fraction of sp³-hybridized carbons (Fsp3) is 0.464. The van der Waals surface area contributed by atoms with Crippen LogP contribution in [0, 0.1) is 11.5 Å². The Hall–Kier alpha value is -3.04. The zero-order valence-corrected chi connectivity index (χ0v) is 21.1. The zero-order valence-electron chi connectivity index (χ0n) is 20.3. The van der Waals surface area contributed by atoms with E-state index in [0.29, 0.717) is 17.5 Å². The lowest BCUT2D eigenvalue weighted by atomic mass is 9.67. The van der Waals surface area contributed by atoms with E-state index in [9.17, 15) is 4.79 Å². The van der Waals surface area contributed by atoms with Gasteiger partial charge in [-0.2, -0.15) is 5.26 Å². The van der Waals surface area contributed by atoms with Gasteiger partial charge in [0, 0.05) is 30.1 Å². The maximum absolute atomic E-state index is 13.8. The fourth-order valence-corrected chi connectivity index (χ4v) is 6.02. The summed E-state index contributed by atoms with van der Waals surface area (Å²) in [5, 5.41) is 19.0. The van der Waals surface area contributed by atoms with Crippen LogP contribution >= 0.6 is 11.6 Å². The molecular weight excluding hydrogens is 458 g/mol. The molecule has 6 nitrogen and oxygen atoms in total. The van der Waals surface area contributed by atoms with Crippen molar-refractivity contribution in [2.75, 3.05) is 13.6 Å². The molecule has 0 aliphatic heterocycles. The van der Waals surface area contributed by atoms with Gasteiger partial charge in [-0.25, -0.2) is 0 Å². The van der Waals surface area contributed by atoms with E-state index in [-0.39, 0.29) is 17.4 Å². The van der Waals surface area contributed by atoms with Crippen LogP contribution in [0.3, 0.4) is 0 Å². The number of rotatable bonds is 6. The highest BCUT2D eigenvalue weighted by Crippen LogP contribution is 2.43. The van der Waals surface area contributed by atoms with E-state index in [4.69, 9.17) is 16.9 Å². The molecule has 2 aliphatic rings. The van der Waals surface area contributed by atoms with Gasteiger partial charge in [0.25, 0.3) is 0 Å². The number of nitrogens with zero attached hydrogens (tertiary/aromatic N) is 2. The number of benzene rings is 2. The van der Waals surface area contributed by atoms with Gasteiger partial charge in [-0.15, -0.1) is 0 Å². The first-order valence-corrected chi connectivity index (χ1v) is 12.9. The molecule has 0 bridgehead atoms. The first kappa shape index (κ1) is 25.1. The molecule has 2 aliphatic carbocycles. The van der Waals surface area contributed by atoms with Gasteiger partial charge in [-0.1, -0.05) is 66.9 Å². The quantitative estimate of drug-likeness (QED) is 0.234. The second-order valence-electron chi connectivity index (χ2n) is 9.85. The zero-order chi connectivity index (χ0) is 24.7. The molecule has 0 aromatic heterocycles. The highest BCUT2D eigenvalue weighted by Gasteiger charge is 2.44. The minimum atomic E-state index is -0.476. The van der Waals surface area contributed by atoms with Gasteiger partial charge >= 0.3 is 0 Å². The highest BCUT2D eigenvalue weighted by molar-refractivity contribution is 6.30. The largest absolute Gasteiger partial charge is 0.354 e. The molecule has 2 saturated carbocycles. The normalized spacial score (nSPS) is 23.8. The molecular formula is C28H34ClN5O. The SMILES string of the molecule is CN=C(NC#N)NC1CCC(CNC(=O)C2(c3ccc(Cl)cc3)CCCC2)(c2ccccc2)CC1. The van der Waals surface area contributed by atoms with Crippen LogP contribution < -0.4 is 16.0 Å². The summed E-state index contributed by atoms with van der Waals surface area (Å²) in [6, 6.07) is 18.6. The topological polar surface area (TPSA) is 89.3 Å². The number of nitriles is 1. The number of carbonyl (C=O) groups is 1. The number of guanidine groups is 1. The monoisotopic (exact) mass is 491 g/mol. The molecule has 0 atom stereocenters. The molecule has 0 spiro atoms. The maximum Gasteiger partial charge on any atom is 0.230 e. The van der Waals surface area contributed by atoms with Crippen molar-refractivity contribution in [2.24, 2.45) is 4.99 Å². The second-order valence-corrected chi connectivity index (χ2v) is 10.3. The smallest absolute Gasteiger partial charge is 0.230 e. The van der Waals surface area contributed by atoms with Crippen molar-refractivity contribution in [2.45, 2.75) is 68.2 Å². The van der Waals surface area contributed by atoms with Crippen LogP contribution in [0.25, 0.3) is 0 Å². The minimum Gasteiger partial charge on any atom is -0.354 e. The number of amides is 1.